The highest BCUT2D eigenvalue weighted by atomic mass is 16.6. The van der Waals surface area contributed by atoms with Crippen molar-refractivity contribution >= 4 is 22.8 Å². The molecule has 0 aliphatic heterocycles. The zero-order valence-corrected chi connectivity index (χ0v) is 21.1. The number of carbonyl (C=O) groups is 2. The molecule has 7 heteroatoms. The smallest absolute Gasteiger partial charge is 0.309 e. The topological polar surface area (TPSA) is 82.5 Å². The lowest BCUT2D eigenvalue weighted by molar-refractivity contribution is -0.161. The number of nitrogens with one attached hydrogen (secondary N) is 1. The van der Waals surface area contributed by atoms with E-state index in [0.717, 1.165) is 61.2 Å². The van der Waals surface area contributed by atoms with Gasteiger partial charge in [-0.25, -0.2) is 0 Å². The fourth-order valence-corrected chi connectivity index (χ4v) is 4.81. The van der Waals surface area contributed by atoms with Gasteiger partial charge in [-0.1, -0.05) is 6.42 Å². The number of fused-ring (bicyclic) bond motifs is 1. The van der Waals surface area contributed by atoms with E-state index in [1.54, 1.807) is 0 Å². The van der Waals surface area contributed by atoms with Crippen molar-refractivity contribution in [1.29, 1.82) is 0 Å². The van der Waals surface area contributed by atoms with Crippen LogP contribution in [0.3, 0.4) is 0 Å². The molecule has 2 aliphatic carbocycles. The summed E-state index contributed by atoms with van der Waals surface area (Å²) in [6, 6.07) is 3.77. The lowest BCUT2D eigenvalue weighted by atomic mass is 9.81. The molecule has 1 N–H and O–H groups in total. The molecule has 186 valence electrons. The quantitative estimate of drug-likeness (QED) is 0.427. The Bertz CT molecular complexity index is 1020. The number of aryl methyl sites for hydroxylation is 1. The van der Waals surface area contributed by atoms with Gasteiger partial charge in [0.15, 0.2) is 0 Å². The molecule has 2 aromatic rings. The maximum atomic E-state index is 12.7. The van der Waals surface area contributed by atoms with Gasteiger partial charge in [-0.2, -0.15) is 5.10 Å². The van der Waals surface area contributed by atoms with Crippen LogP contribution in [-0.2, 0) is 20.8 Å². The van der Waals surface area contributed by atoms with E-state index in [2.05, 4.69) is 5.32 Å². The summed E-state index contributed by atoms with van der Waals surface area (Å²) in [7, 11) is 0. The molecule has 7 nitrogen and oxygen atoms in total. The first kappa shape index (κ1) is 24.7. The Labute approximate surface area is 202 Å². The van der Waals surface area contributed by atoms with Crippen LogP contribution in [0.2, 0.25) is 0 Å². The van der Waals surface area contributed by atoms with Gasteiger partial charge in [-0.15, -0.1) is 0 Å². The molecule has 34 heavy (non-hydrogen) atoms. The molecule has 1 amide bonds. The maximum absolute atomic E-state index is 12.7. The van der Waals surface area contributed by atoms with E-state index in [0.29, 0.717) is 24.6 Å². The van der Waals surface area contributed by atoms with Gasteiger partial charge in [0.1, 0.15) is 5.60 Å². The predicted molar refractivity (Wildman–Crippen MR) is 132 cm³/mol. The monoisotopic (exact) mass is 469 g/mol. The molecular formula is C27H39N3O4. The number of rotatable bonds is 9. The van der Waals surface area contributed by atoms with E-state index in [-0.39, 0.29) is 17.8 Å². The van der Waals surface area contributed by atoms with Gasteiger partial charge in [0.25, 0.3) is 5.91 Å². The number of carbonyl (C=O) groups excluding carboxylic acids is 2. The van der Waals surface area contributed by atoms with Crippen molar-refractivity contribution in [3.8, 4) is 0 Å². The van der Waals surface area contributed by atoms with Crippen LogP contribution in [0.1, 0.15) is 75.2 Å². The van der Waals surface area contributed by atoms with Crippen molar-refractivity contribution in [3.63, 3.8) is 0 Å². The summed E-state index contributed by atoms with van der Waals surface area (Å²) in [6.45, 7) is 10.4. The third-order valence-corrected chi connectivity index (χ3v) is 6.80. The molecule has 4 rings (SSSR count). The van der Waals surface area contributed by atoms with Crippen LogP contribution in [0.4, 0.5) is 0 Å². The zero-order valence-electron chi connectivity index (χ0n) is 21.1. The van der Waals surface area contributed by atoms with Crippen LogP contribution >= 0.6 is 0 Å². The highest BCUT2D eigenvalue weighted by Gasteiger charge is 2.31. The first-order chi connectivity index (χ1) is 16.2. The van der Waals surface area contributed by atoms with Gasteiger partial charge in [0.2, 0.25) is 0 Å². The summed E-state index contributed by atoms with van der Waals surface area (Å²) < 4.78 is 13.2. The van der Waals surface area contributed by atoms with E-state index in [9.17, 15) is 9.59 Å². The Balaban J connectivity index is 1.35. The third-order valence-electron chi connectivity index (χ3n) is 6.80. The molecule has 1 aromatic heterocycles. The summed E-state index contributed by atoms with van der Waals surface area (Å²) in [4.78, 5) is 25.3. The Morgan fingerprint density at radius 1 is 1.15 bits per heavy atom. The molecule has 1 aromatic carbocycles. The van der Waals surface area contributed by atoms with Gasteiger partial charge >= 0.3 is 5.97 Å². The largest absolute Gasteiger partial charge is 0.460 e. The number of hydrogen-bond donors (Lipinski definition) is 1. The van der Waals surface area contributed by atoms with Gasteiger partial charge in [-0.3, -0.25) is 14.3 Å². The zero-order chi connectivity index (χ0) is 24.3. The predicted octanol–water partition coefficient (Wildman–Crippen LogP) is 4.65. The van der Waals surface area contributed by atoms with Gasteiger partial charge in [0.05, 0.1) is 18.0 Å². The maximum Gasteiger partial charge on any atom is 0.309 e. The Hall–Kier alpha value is -2.41. The van der Waals surface area contributed by atoms with Crippen LogP contribution < -0.4 is 5.32 Å². The van der Waals surface area contributed by atoms with Crippen molar-refractivity contribution in [1.82, 2.24) is 15.1 Å². The molecule has 0 saturated heterocycles. The number of aromatic nitrogens is 2. The lowest BCUT2D eigenvalue weighted by Gasteiger charge is -2.30. The van der Waals surface area contributed by atoms with Crippen LogP contribution in [0.15, 0.2) is 18.3 Å². The average molecular weight is 470 g/mol. The van der Waals surface area contributed by atoms with Crippen molar-refractivity contribution < 1.29 is 19.1 Å². The SMILES string of the molecule is Cc1c(C(=O)NCCOCC2CC2)ccc2nn(CC3CCCC(C(=O)OC(C)(C)C)C3)cc12. The number of ether oxygens (including phenoxy) is 2. The van der Waals surface area contributed by atoms with E-state index in [1.807, 2.05) is 50.7 Å². The molecule has 0 radical (unpaired) electrons. The molecule has 0 bridgehead atoms. The van der Waals surface area contributed by atoms with Crippen LogP contribution in [0.25, 0.3) is 10.9 Å². The second-order valence-electron chi connectivity index (χ2n) is 11.1. The molecular weight excluding hydrogens is 430 g/mol. The minimum atomic E-state index is -0.450. The van der Waals surface area contributed by atoms with Gasteiger partial charge < -0.3 is 14.8 Å². The van der Waals surface area contributed by atoms with Crippen LogP contribution in [0, 0.1) is 24.7 Å². The summed E-state index contributed by atoms with van der Waals surface area (Å²) in [6.07, 6.45) is 8.43. The molecule has 0 spiro atoms. The molecule has 2 aliphatic rings. The average Bonchev–Trinajstić information content (AvgIpc) is 3.50. The second-order valence-corrected chi connectivity index (χ2v) is 11.1. The minimum absolute atomic E-state index is 0.0340. The Morgan fingerprint density at radius 3 is 2.68 bits per heavy atom. The molecule has 2 saturated carbocycles. The summed E-state index contributed by atoms with van der Waals surface area (Å²) in [5.74, 6) is 0.933. The van der Waals surface area contributed by atoms with Crippen molar-refractivity contribution in [3.05, 3.63) is 29.5 Å². The first-order valence-corrected chi connectivity index (χ1v) is 12.7. The highest BCUT2D eigenvalue weighted by molar-refractivity contribution is 6.00. The van der Waals surface area contributed by atoms with E-state index >= 15 is 0 Å². The van der Waals surface area contributed by atoms with Gasteiger partial charge in [0, 0.05) is 36.8 Å². The minimum Gasteiger partial charge on any atom is -0.460 e. The number of hydrogen-bond acceptors (Lipinski definition) is 5. The number of benzene rings is 1. The Morgan fingerprint density at radius 2 is 1.94 bits per heavy atom. The highest BCUT2D eigenvalue weighted by Crippen LogP contribution is 2.32. The molecule has 2 fully saturated rings. The van der Waals surface area contributed by atoms with E-state index in [4.69, 9.17) is 14.6 Å². The van der Waals surface area contributed by atoms with Crippen molar-refractivity contribution in [2.45, 2.75) is 78.4 Å². The summed E-state index contributed by atoms with van der Waals surface area (Å²) >= 11 is 0. The fraction of sp³-hybridized carbons (Fsp3) is 0.667. The molecule has 2 unspecified atom stereocenters. The van der Waals surface area contributed by atoms with Crippen molar-refractivity contribution in [2.75, 3.05) is 19.8 Å². The lowest BCUT2D eigenvalue weighted by Crippen LogP contribution is -2.32. The fourth-order valence-electron chi connectivity index (χ4n) is 4.81. The van der Waals surface area contributed by atoms with E-state index < -0.39 is 5.60 Å². The van der Waals surface area contributed by atoms with E-state index in [1.165, 1.54) is 12.8 Å². The number of esters is 1. The number of amides is 1. The van der Waals surface area contributed by atoms with Crippen molar-refractivity contribution in [2.24, 2.45) is 17.8 Å². The normalized spacial score (nSPS) is 20.9. The van der Waals surface area contributed by atoms with Crippen LogP contribution in [0.5, 0.6) is 0 Å². The first-order valence-electron chi connectivity index (χ1n) is 12.7. The second kappa shape index (κ2) is 10.5. The van der Waals surface area contributed by atoms with Gasteiger partial charge in [-0.05, 0) is 89.3 Å². The number of nitrogens with zero attached hydrogens (tertiary/aromatic N) is 2. The standard InChI is InChI=1S/C27H39N3O4/c1-18-22(25(31)28-12-13-33-17-19-8-9-19)10-11-24-23(18)16-30(29-24)15-20-6-5-7-21(14-20)26(32)34-27(2,3)4/h10-11,16,19-21H,5-9,12-15,17H2,1-4H3,(H,28,31). The summed E-state index contributed by atoms with van der Waals surface area (Å²) in [5, 5.41) is 8.72. The van der Waals surface area contributed by atoms with Crippen LogP contribution in [-0.4, -0.2) is 47.0 Å². The third kappa shape index (κ3) is 6.59. The molecule has 2 atom stereocenters. The Kier molecular flexibility index (Phi) is 7.60. The molecule has 1 heterocycles. The summed E-state index contributed by atoms with van der Waals surface area (Å²) in [5.41, 5.74) is 2.06.